The van der Waals surface area contributed by atoms with Crippen molar-refractivity contribution in [1.82, 2.24) is 0 Å². The second kappa shape index (κ2) is 7.81. The van der Waals surface area contributed by atoms with Crippen LogP contribution in [0.5, 0.6) is 5.75 Å². The van der Waals surface area contributed by atoms with Crippen molar-refractivity contribution in [1.29, 1.82) is 0 Å². The Hall–Kier alpha value is -2.86. The van der Waals surface area contributed by atoms with Crippen molar-refractivity contribution in [3.8, 4) is 5.75 Å². The van der Waals surface area contributed by atoms with Crippen molar-refractivity contribution in [3.63, 3.8) is 0 Å². The van der Waals surface area contributed by atoms with Gasteiger partial charge >= 0.3 is 0 Å². The van der Waals surface area contributed by atoms with Gasteiger partial charge in [-0.05, 0) is 54.4 Å². The minimum Gasteiger partial charge on any atom is -0.491 e. The van der Waals surface area contributed by atoms with Gasteiger partial charge in [0.15, 0.2) is 0 Å². The van der Waals surface area contributed by atoms with Gasteiger partial charge in [-0.2, -0.15) is 0 Å². The molecular weight excluding hydrogens is 320 g/mol. The van der Waals surface area contributed by atoms with E-state index in [4.69, 9.17) is 9.47 Å². The monoisotopic (exact) mass is 340 g/mol. The molecule has 0 unspecified atom stereocenters. The third-order valence-corrected chi connectivity index (χ3v) is 3.93. The minimum atomic E-state index is -0.191. The van der Waals surface area contributed by atoms with Crippen molar-refractivity contribution in [2.24, 2.45) is 0 Å². The summed E-state index contributed by atoms with van der Waals surface area (Å²) in [6.07, 6.45) is 1.15. The van der Waals surface area contributed by atoms with E-state index in [9.17, 15) is 9.59 Å². The van der Waals surface area contributed by atoms with E-state index in [1.165, 1.54) is 0 Å². The number of anilines is 2. The Morgan fingerprint density at radius 1 is 1.12 bits per heavy atom. The second-order valence-corrected chi connectivity index (χ2v) is 5.74. The first-order chi connectivity index (χ1) is 12.2. The zero-order valence-electron chi connectivity index (χ0n) is 14.0. The molecule has 2 aromatic carbocycles. The van der Waals surface area contributed by atoms with Crippen molar-refractivity contribution >= 4 is 23.2 Å². The van der Waals surface area contributed by atoms with Gasteiger partial charge in [-0.1, -0.05) is 0 Å². The van der Waals surface area contributed by atoms with Crippen molar-refractivity contribution in [2.75, 3.05) is 31.0 Å². The topological polar surface area (TPSA) is 76.7 Å². The summed E-state index contributed by atoms with van der Waals surface area (Å²) in [5.74, 6) is 0.526. The zero-order chi connectivity index (χ0) is 17.6. The number of fused-ring (bicyclic) bond motifs is 1. The summed E-state index contributed by atoms with van der Waals surface area (Å²) in [6, 6.07) is 12.4. The molecule has 0 saturated carbocycles. The summed E-state index contributed by atoms with van der Waals surface area (Å²) in [6.45, 7) is 0.981. The number of ether oxygens (including phenoxy) is 2. The average Bonchev–Trinajstić information content (AvgIpc) is 2.62. The third kappa shape index (κ3) is 4.36. The highest BCUT2D eigenvalue weighted by Crippen LogP contribution is 2.26. The predicted octanol–water partition coefficient (Wildman–Crippen LogP) is 2.85. The van der Waals surface area contributed by atoms with Gasteiger partial charge in [0.1, 0.15) is 12.4 Å². The van der Waals surface area contributed by atoms with E-state index < -0.39 is 0 Å². The first kappa shape index (κ1) is 17.0. The molecule has 2 N–H and O–H groups in total. The van der Waals surface area contributed by atoms with Crippen LogP contribution in [0.1, 0.15) is 22.3 Å². The van der Waals surface area contributed by atoms with E-state index in [0.29, 0.717) is 43.1 Å². The maximum atomic E-state index is 12.4. The molecule has 6 nitrogen and oxygen atoms in total. The predicted molar refractivity (Wildman–Crippen MR) is 95.2 cm³/mol. The fourth-order valence-corrected chi connectivity index (χ4v) is 2.61. The lowest BCUT2D eigenvalue weighted by atomic mass is 10.0. The van der Waals surface area contributed by atoms with Crippen LogP contribution < -0.4 is 15.4 Å². The number of aryl methyl sites for hydroxylation is 1. The van der Waals surface area contributed by atoms with E-state index in [-0.39, 0.29) is 11.8 Å². The highest BCUT2D eigenvalue weighted by atomic mass is 16.5. The maximum Gasteiger partial charge on any atom is 0.255 e. The number of carbonyl (C=O) groups is 2. The van der Waals surface area contributed by atoms with Gasteiger partial charge in [0, 0.05) is 30.5 Å². The number of benzene rings is 2. The Bertz CT molecular complexity index is 771. The molecule has 0 radical (unpaired) electrons. The number of methoxy groups -OCH3 is 1. The lowest BCUT2D eigenvalue weighted by molar-refractivity contribution is -0.116. The molecule has 1 aliphatic heterocycles. The quantitative estimate of drug-likeness (QED) is 0.793. The molecule has 1 aliphatic rings. The number of nitrogens with one attached hydrogen (secondary N) is 2. The summed E-state index contributed by atoms with van der Waals surface area (Å²) in [5, 5.41) is 5.70. The molecule has 130 valence electrons. The van der Waals surface area contributed by atoms with Gasteiger partial charge in [-0.3, -0.25) is 9.59 Å². The van der Waals surface area contributed by atoms with E-state index in [0.717, 1.165) is 11.3 Å². The zero-order valence-corrected chi connectivity index (χ0v) is 14.0. The first-order valence-electron chi connectivity index (χ1n) is 8.11. The lowest BCUT2D eigenvalue weighted by Gasteiger charge is -2.17. The van der Waals surface area contributed by atoms with Gasteiger partial charge in [0.05, 0.1) is 6.61 Å². The molecule has 6 heteroatoms. The fraction of sp³-hybridized carbons (Fsp3) is 0.263. The first-order valence-corrected chi connectivity index (χ1v) is 8.11. The fourth-order valence-electron chi connectivity index (χ4n) is 2.61. The Balaban J connectivity index is 1.63. The number of hydrogen-bond acceptors (Lipinski definition) is 4. The van der Waals surface area contributed by atoms with Gasteiger partial charge in [0.2, 0.25) is 5.91 Å². The van der Waals surface area contributed by atoms with Crippen LogP contribution in [0.2, 0.25) is 0 Å². The molecule has 25 heavy (non-hydrogen) atoms. The highest BCUT2D eigenvalue weighted by Gasteiger charge is 2.15. The number of hydrogen-bond donors (Lipinski definition) is 2. The maximum absolute atomic E-state index is 12.4. The summed E-state index contributed by atoms with van der Waals surface area (Å²) < 4.78 is 10.4. The number of amides is 2. The summed E-state index contributed by atoms with van der Waals surface area (Å²) in [7, 11) is 1.62. The molecular formula is C19H20N2O4. The molecule has 0 fully saturated rings. The van der Waals surface area contributed by atoms with Crippen LogP contribution in [0.3, 0.4) is 0 Å². The summed E-state index contributed by atoms with van der Waals surface area (Å²) >= 11 is 0. The Labute approximate surface area is 146 Å². The lowest BCUT2D eigenvalue weighted by Crippen LogP contribution is -2.19. The van der Waals surface area contributed by atoms with Gasteiger partial charge in [0.25, 0.3) is 5.91 Å². The van der Waals surface area contributed by atoms with Gasteiger partial charge in [-0.25, -0.2) is 0 Å². The molecule has 3 rings (SSSR count). The minimum absolute atomic E-state index is 0.0251. The van der Waals surface area contributed by atoms with Gasteiger partial charge < -0.3 is 20.1 Å². The molecule has 0 bridgehead atoms. The largest absolute Gasteiger partial charge is 0.491 e. The third-order valence-electron chi connectivity index (χ3n) is 3.93. The summed E-state index contributed by atoms with van der Waals surface area (Å²) in [5.41, 5.74) is 3.09. The average molecular weight is 340 g/mol. The molecule has 0 aliphatic carbocycles. The van der Waals surface area contributed by atoms with Crippen LogP contribution in [0, 0.1) is 0 Å². The number of carbonyl (C=O) groups excluding carboxylic acids is 2. The second-order valence-electron chi connectivity index (χ2n) is 5.74. The molecule has 1 heterocycles. The van der Waals surface area contributed by atoms with Crippen molar-refractivity contribution < 1.29 is 19.1 Å². The van der Waals surface area contributed by atoms with Crippen LogP contribution in [0.25, 0.3) is 0 Å². The van der Waals surface area contributed by atoms with Crippen molar-refractivity contribution in [2.45, 2.75) is 12.8 Å². The van der Waals surface area contributed by atoms with Crippen LogP contribution in [-0.4, -0.2) is 32.1 Å². The Morgan fingerprint density at radius 3 is 2.68 bits per heavy atom. The molecule has 0 atom stereocenters. The SMILES string of the molecule is COCCOc1ccc(C(=O)Nc2ccc3c(c2)CCC(=O)N3)cc1. The Morgan fingerprint density at radius 2 is 1.92 bits per heavy atom. The number of rotatable bonds is 6. The molecule has 0 spiro atoms. The normalized spacial score (nSPS) is 12.9. The smallest absolute Gasteiger partial charge is 0.255 e. The molecule has 2 amide bonds. The van der Waals surface area contributed by atoms with Crippen LogP contribution >= 0.6 is 0 Å². The molecule has 0 saturated heterocycles. The van der Waals surface area contributed by atoms with Gasteiger partial charge in [-0.15, -0.1) is 0 Å². The van der Waals surface area contributed by atoms with Crippen molar-refractivity contribution in [3.05, 3.63) is 53.6 Å². The van der Waals surface area contributed by atoms with E-state index in [1.807, 2.05) is 12.1 Å². The summed E-state index contributed by atoms with van der Waals surface area (Å²) in [4.78, 5) is 23.8. The Kier molecular flexibility index (Phi) is 5.30. The van der Waals surface area contributed by atoms with Crippen LogP contribution in [0.15, 0.2) is 42.5 Å². The molecule has 2 aromatic rings. The molecule has 0 aromatic heterocycles. The van der Waals surface area contributed by atoms with Crippen LogP contribution in [0.4, 0.5) is 11.4 Å². The van der Waals surface area contributed by atoms with E-state index in [1.54, 1.807) is 37.4 Å². The highest BCUT2D eigenvalue weighted by molar-refractivity contribution is 6.04. The van der Waals surface area contributed by atoms with E-state index >= 15 is 0 Å². The van der Waals surface area contributed by atoms with Crippen LogP contribution in [-0.2, 0) is 16.0 Å². The standard InChI is InChI=1S/C19H20N2O4/c1-24-10-11-25-16-6-2-13(3-7-16)19(23)20-15-5-8-17-14(12-15)4-9-18(22)21-17/h2-3,5-8,12H,4,9-11H2,1H3,(H,20,23)(H,21,22). The van der Waals surface area contributed by atoms with E-state index in [2.05, 4.69) is 10.6 Å².